The second-order valence-corrected chi connectivity index (χ2v) is 5.28. The Kier molecular flexibility index (Phi) is 3.31. The monoisotopic (exact) mass is 304 g/mol. The summed E-state index contributed by atoms with van der Waals surface area (Å²) in [5.74, 6) is -2.74. The van der Waals surface area contributed by atoms with Crippen molar-refractivity contribution in [2.24, 2.45) is 5.92 Å². The lowest BCUT2D eigenvalue weighted by Gasteiger charge is -2.22. The molecule has 0 radical (unpaired) electrons. The van der Waals surface area contributed by atoms with Gasteiger partial charge in [-0.05, 0) is 18.9 Å². The van der Waals surface area contributed by atoms with Gasteiger partial charge in [-0.3, -0.25) is 4.79 Å². The molecule has 2 aliphatic rings. The smallest absolute Gasteiger partial charge is 0.345 e. The zero-order chi connectivity index (χ0) is 15.2. The minimum Gasteiger partial charge on any atom is -0.345 e. The van der Waals surface area contributed by atoms with Crippen LogP contribution in [0.2, 0.25) is 0 Å². The van der Waals surface area contributed by atoms with E-state index in [0.717, 1.165) is 19.5 Å². The second-order valence-electron chi connectivity index (χ2n) is 5.28. The van der Waals surface area contributed by atoms with Crippen LogP contribution in [-0.4, -0.2) is 46.5 Å². The zero-order valence-corrected chi connectivity index (χ0v) is 10.8. The predicted molar refractivity (Wildman–Crippen MR) is 62.8 cm³/mol. The van der Waals surface area contributed by atoms with E-state index >= 15 is 0 Å². The molecule has 2 unspecified atom stereocenters. The fourth-order valence-electron chi connectivity index (χ4n) is 2.84. The van der Waals surface area contributed by atoms with Gasteiger partial charge in [0.25, 0.3) is 5.91 Å². The summed E-state index contributed by atoms with van der Waals surface area (Å²) in [7, 11) is 0. The standard InChI is InChI=1S/C12H12F4N4O/c13-9-7(12(14,15)16)3-17-10(19-9)11(21)18-8-5-20-2-1-6(8)4-20/h3,6,8H,1-2,4-5H2,(H,18,21)/t6-,8?/m0/s1. The van der Waals surface area contributed by atoms with E-state index in [0.29, 0.717) is 18.7 Å². The number of rotatable bonds is 2. The van der Waals surface area contributed by atoms with E-state index in [-0.39, 0.29) is 6.04 Å². The first-order valence-corrected chi connectivity index (χ1v) is 6.47. The van der Waals surface area contributed by atoms with Crippen molar-refractivity contribution in [1.82, 2.24) is 20.2 Å². The molecule has 5 nitrogen and oxygen atoms in total. The third-order valence-corrected chi connectivity index (χ3v) is 3.90. The molecule has 2 bridgehead atoms. The summed E-state index contributed by atoms with van der Waals surface area (Å²) >= 11 is 0. The molecule has 3 heterocycles. The van der Waals surface area contributed by atoms with Crippen LogP contribution in [-0.2, 0) is 6.18 Å². The molecule has 1 aromatic rings. The molecule has 2 fully saturated rings. The molecule has 0 aromatic carbocycles. The van der Waals surface area contributed by atoms with Gasteiger partial charge in [0.15, 0.2) is 0 Å². The van der Waals surface area contributed by atoms with Gasteiger partial charge < -0.3 is 10.2 Å². The second kappa shape index (κ2) is 4.90. The SMILES string of the molecule is O=C(NC1CN2CC[C@H]1C2)c1ncc(C(F)(F)F)c(F)n1. The largest absolute Gasteiger partial charge is 0.422 e. The molecular weight excluding hydrogens is 292 g/mol. The molecule has 1 aromatic heterocycles. The van der Waals surface area contributed by atoms with Gasteiger partial charge in [-0.25, -0.2) is 4.98 Å². The van der Waals surface area contributed by atoms with Crippen molar-refractivity contribution in [2.75, 3.05) is 19.6 Å². The average Bonchev–Trinajstić information content (AvgIpc) is 2.99. The third-order valence-electron chi connectivity index (χ3n) is 3.90. The fraction of sp³-hybridized carbons (Fsp3) is 0.583. The Bertz CT molecular complexity index is 577. The Hall–Kier alpha value is -1.77. The highest BCUT2D eigenvalue weighted by atomic mass is 19.4. The maximum atomic E-state index is 13.3. The number of alkyl halides is 3. The van der Waals surface area contributed by atoms with Crippen molar-refractivity contribution < 1.29 is 22.4 Å². The summed E-state index contributed by atoms with van der Waals surface area (Å²) in [4.78, 5) is 20.4. The minimum atomic E-state index is -4.88. The fourth-order valence-corrected chi connectivity index (χ4v) is 2.84. The number of fused-ring (bicyclic) bond motifs is 2. The molecular formula is C12H12F4N4O. The summed E-state index contributed by atoms with van der Waals surface area (Å²) in [5, 5.41) is 2.66. The van der Waals surface area contributed by atoms with Crippen molar-refractivity contribution in [1.29, 1.82) is 0 Å². The summed E-state index contributed by atoms with van der Waals surface area (Å²) in [6.07, 6.45) is -3.62. The van der Waals surface area contributed by atoms with Crippen molar-refractivity contribution in [2.45, 2.75) is 18.6 Å². The van der Waals surface area contributed by atoms with Gasteiger partial charge in [-0.1, -0.05) is 0 Å². The number of carbonyl (C=O) groups excluding carboxylic acids is 1. The maximum absolute atomic E-state index is 13.3. The predicted octanol–water partition coefficient (Wildman–Crippen LogP) is 1.07. The molecule has 3 rings (SSSR count). The Morgan fingerprint density at radius 1 is 1.38 bits per heavy atom. The van der Waals surface area contributed by atoms with Gasteiger partial charge in [0.1, 0.15) is 5.56 Å². The Labute approximate surface area is 117 Å². The number of aromatic nitrogens is 2. The van der Waals surface area contributed by atoms with E-state index in [1.807, 2.05) is 0 Å². The van der Waals surface area contributed by atoms with Gasteiger partial charge in [0.05, 0.1) is 0 Å². The van der Waals surface area contributed by atoms with Crippen molar-refractivity contribution in [3.63, 3.8) is 0 Å². The highest BCUT2D eigenvalue weighted by molar-refractivity contribution is 5.90. The summed E-state index contributed by atoms with van der Waals surface area (Å²) in [5.41, 5.74) is -1.58. The van der Waals surface area contributed by atoms with Crippen molar-refractivity contribution >= 4 is 5.91 Å². The van der Waals surface area contributed by atoms with Crippen LogP contribution in [0, 0.1) is 11.9 Å². The lowest BCUT2D eigenvalue weighted by molar-refractivity contribution is -0.140. The van der Waals surface area contributed by atoms with E-state index in [1.54, 1.807) is 0 Å². The Morgan fingerprint density at radius 3 is 2.67 bits per heavy atom. The number of piperidine rings is 1. The quantitative estimate of drug-likeness (QED) is 0.656. The number of hydrogen-bond donors (Lipinski definition) is 1. The van der Waals surface area contributed by atoms with Crippen LogP contribution in [0.3, 0.4) is 0 Å². The average molecular weight is 304 g/mol. The molecule has 0 spiro atoms. The van der Waals surface area contributed by atoms with Gasteiger partial charge in [-0.2, -0.15) is 22.5 Å². The lowest BCUT2D eigenvalue weighted by Crippen LogP contribution is -2.43. The molecule has 9 heteroatoms. The molecule has 114 valence electrons. The van der Waals surface area contributed by atoms with Gasteiger partial charge in [0.2, 0.25) is 11.8 Å². The van der Waals surface area contributed by atoms with Crippen LogP contribution in [0.4, 0.5) is 17.6 Å². The van der Waals surface area contributed by atoms with E-state index in [2.05, 4.69) is 20.2 Å². The van der Waals surface area contributed by atoms with Crippen LogP contribution in [0.1, 0.15) is 22.6 Å². The topological polar surface area (TPSA) is 58.1 Å². The normalized spacial score (nSPS) is 27.9. The van der Waals surface area contributed by atoms with Crippen LogP contribution in [0.15, 0.2) is 6.20 Å². The summed E-state index contributed by atoms with van der Waals surface area (Å²) in [6.45, 7) is 2.58. The van der Waals surface area contributed by atoms with Crippen molar-refractivity contribution in [3.05, 3.63) is 23.5 Å². The molecule has 3 atom stereocenters. The van der Waals surface area contributed by atoms with Crippen LogP contribution in [0.25, 0.3) is 0 Å². The summed E-state index contributed by atoms with van der Waals surface area (Å²) < 4.78 is 50.5. The van der Waals surface area contributed by atoms with E-state index < -0.39 is 29.4 Å². The molecule has 1 N–H and O–H groups in total. The van der Waals surface area contributed by atoms with Crippen LogP contribution < -0.4 is 5.32 Å². The first-order valence-electron chi connectivity index (χ1n) is 6.47. The number of nitrogens with zero attached hydrogens (tertiary/aromatic N) is 3. The van der Waals surface area contributed by atoms with Crippen molar-refractivity contribution in [3.8, 4) is 0 Å². The maximum Gasteiger partial charge on any atom is 0.422 e. The first kappa shape index (κ1) is 14.2. The molecule has 21 heavy (non-hydrogen) atoms. The minimum absolute atomic E-state index is 0.0831. The van der Waals surface area contributed by atoms with Crippen LogP contribution in [0.5, 0.6) is 0 Å². The molecule has 0 saturated carbocycles. The van der Waals surface area contributed by atoms with Gasteiger partial charge >= 0.3 is 6.18 Å². The zero-order valence-electron chi connectivity index (χ0n) is 10.8. The Balaban J connectivity index is 1.72. The molecule has 2 saturated heterocycles. The summed E-state index contributed by atoms with van der Waals surface area (Å²) in [6, 6.07) is -0.0831. The Morgan fingerprint density at radius 2 is 2.14 bits per heavy atom. The first-order chi connectivity index (χ1) is 9.84. The number of amides is 1. The molecule has 2 aliphatic heterocycles. The van der Waals surface area contributed by atoms with Gasteiger partial charge in [-0.15, -0.1) is 0 Å². The number of carbonyl (C=O) groups is 1. The highest BCUT2D eigenvalue weighted by Crippen LogP contribution is 2.30. The molecule has 1 amide bonds. The molecule has 0 aliphatic carbocycles. The van der Waals surface area contributed by atoms with E-state index in [1.165, 1.54) is 0 Å². The number of halogens is 4. The van der Waals surface area contributed by atoms with Crippen LogP contribution >= 0.6 is 0 Å². The lowest BCUT2D eigenvalue weighted by atomic mass is 10.00. The third kappa shape index (κ3) is 2.69. The van der Waals surface area contributed by atoms with E-state index in [9.17, 15) is 22.4 Å². The number of hydrogen-bond acceptors (Lipinski definition) is 4. The van der Waals surface area contributed by atoms with Gasteiger partial charge in [0, 0.05) is 25.3 Å². The van der Waals surface area contributed by atoms with E-state index in [4.69, 9.17) is 0 Å². The highest BCUT2D eigenvalue weighted by Gasteiger charge is 2.39. The number of nitrogens with one attached hydrogen (secondary N) is 1.